The third kappa shape index (κ3) is 3.55. The fourth-order valence-electron chi connectivity index (χ4n) is 4.11. The van der Waals surface area contributed by atoms with Gasteiger partial charge in [0.2, 0.25) is 11.8 Å². The van der Waals surface area contributed by atoms with E-state index in [9.17, 15) is 9.59 Å². The Labute approximate surface area is 173 Å². The zero-order valence-corrected chi connectivity index (χ0v) is 16.7. The van der Waals surface area contributed by atoms with Crippen molar-refractivity contribution in [1.82, 2.24) is 5.32 Å². The van der Waals surface area contributed by atoms with E-state index in [0.29, 0.717) is 31.3 Å². The van der Waals surface area contributed by atoms with Crippen LogP contribution in [0.4, 0.5) is 5.69 Å². The second-order valence-corrected chi connectivity index (χ2v) is 8.61. The second kappa shape index (κ2) is 7.63. The van der Waals surface area contributed by atoms with Crippen LogP contribution in [-0.2, 0) is 9.59 Å². The first kappa shape index (κ1) is 18.4. The highest BCUT2D eigenvalue weighted by Gasteiger charge is 2.36. The van der Waals surface area contributed by atoms with E-state index in [-0.39, 0.29) is 30.2 Å². The minimum atomic E-state index is -0.350. The molecule has 5 rings (SSSR count). The molecule has 0 saturated carbocycles. The van der Waals surface area contributed by atoms with E-state index < -0.39 is 0 Å². The van der Waals surface area contributed by atoms with Gasteiger partial charge in [-0.2, -0.15) is 0 Å². The molecule has 150 valence electrons. The molecule has 7 heteroatoms. The van der Waals surface area contributed by atoms with Gasteiger partial charge in [-0.25, -0.2) is 0 Å². The zero-order chi connectivity index (χ0) is 19.8. The number of rotatable bonds is 3. The molecule has 2 aromatic rings. The first-order valence-corrected chi connectivity index (χ1v) is 10.9. The molecule has 2 aromatic carbocycles. The summed E-state index contributed by atoms with van der Waals surface area (Å²) in [6.45, 7) is 1.41. The van der Waals surface area contributed by atoms with Crippen LogP contribution in [0.2, 0.25) is 0 Å². The number of hydrogen-bond donors (Lipinski definition) is 1. The highest BCUT2D eigenvalue weighted by molar-refractivity contribution is 7.99. The number of nitrogens with zero attached hydrogens (tertiary/aromatic N) is 1. The lowest BCUT2D eigenvalue weighted by atomic mass is 10.0. The number of thioether (sulfide) groups is 1. The van der Waals surface area contributed by atoms with Gasteiger partial charge in [-0.15, -0.1) is 11.8 Å². The van der Waals surface area contributed by atoms with Gasteiger partial charge < -0.3 is 19.7 Å². The average molecular weight is 410 g/mol. The fourth-order valence-corrected chi connectivity index (χ4v) is 5.24. The van der Waals surface area contributed by atoms with Crippen LogP contribution < -0.4 is 19.7 Å². The van der Waals surface area contributed by atoms with Gasteiger partial charge >= 0.3 is 0 Å². The van der Waals surface area contributed by atoms with Crippen molar-refractivity contribution in [3.63, 3.8) is 0 Å². The van der Waals surface area contributed by atoms with Crippen LogP contribution in [0.15, 0.2) is 47.4 Å². The Morgan fingerprint density at radius 2 is 1.93 bits per heavy atom. The van der Waals surface area contributed by atoms with Crippen LogP contribution >= 0.6 is 11.8 Å². The molecule has 0 radical (unpaired) electrons. The molecule has 0 bridgehead atoms. The van der Waals surface area contributed by atoms with E-state index >= 15 is 0 Å². The highest BCUT2D eigenvalue weighted by Crippen LogP contribution is 2.38. The molecule has 0 unspecified atom stereocenters. The van der Waals surface area contributed by atoms with E-state index in [4.69, 9.17) is 9.47 Å². The number of carbonyl (C=O) groups is 2. The topological polar surface area (TPSA) is 67.9 Å². The molecule has 0 aromatic heterocycles. The fraction of sp³-hybridized carbons (Fsp3) is 0.364. The Morgan fingerprint density at radius 3 is 2.83 bits per heavy atom. The van der Waals surface area contributed by atoms with Crippen molar-refractivity contribution in [3.8, 4) is 11.5 Å². The maximum atomic E-state index is 12.9. The summed E-state index contributed by atoms with van der Waals surface area (Å²) in [6.07, 6.45) is 1.13. The van der Waals surface area contributed by atoms with Gasteiger partial charge in [0.1, 0.15) is 13.2 Å². The molecule has 1 fully saturated rings. The minimum Gasteiger partial charge on any atom is -0.486 e. The van der Waals surface area contributed by atoms with Crippen LogP contribution in [0.3, 0.4) is 0 Å². The molecule has 3 aliphatic rings. The third-order valence-electron chi connectivity index (χ3n) is 5.61. The van der Waals surface area contributed by atoms with Crippen molar-refractivity contribution in [3.05, 3.63) is 48.0 Å². The number of carbonyl (C=O) groups excluding carboxylic acids is 2. The summed E-state index contributed by atoms with van der Waals surface area (Å²) < 4.78 is 11.2. The molecule has 3 heterocycles. The lowest BCUT2D eigenvalue weighted by Crippen LogP contribution is -2.36. The van der Waals surface area contributed by atoms with Gasteiger partial charge in [-0.3, -0.25) is 9.59 Å². The second-order valence-electron chi connectivity index (χ2n) is 7.47. The van der Waals surface area contributed by atoms with Gasteiger partial charge in [0.15, 0.2) is 11.5 Å². The molecule has 2 atom stereocenters. The number of nitrogens with one attached hydrogen (secondary N) is 1. The van der Waals surface area contributed by atoms with Gasteiger partial charge in [0.25, 0.3) is 0 Å². The molecule has 1 saturated heterocycles. The van der Waals surface area contributed by atoms with Crippen LogP contribution in [0.25, 0.3) is 0 Å². The van der Waals surface area contributed by atoms with Crippen molar-refractivity contribution in [2.75, 3.05) is 30.4 Å². The Hall–Kier alpha value is -2.67. The van der Waals surface area contributed by atoms with Crippen LogP contribution in [0.5, 0.6) is 11.5 Å². The Bertz CT molecular complexity index is 964. The SMILES string of the molecule is O=C(N[C@H]1CCSc2ccccc21)[C@H]1CC(=O)N(c2ccc3c(c2)OCCO3)C1. The van der Waals surface area contributed by atoms with Crippen molar-refractivity contribution in [2.24, 2.45) is 5.92 Å². The van der Waals surface area contributed by atoms with Gasteiger partial charge in [0.05, 0.1) is 12.0 Å². The van der Waals surface area contributed by atoms with Gasteiger partial charge in [-0.05, 0) is 30.2 Å². The highest BCUT2D eigenvalue weighted by atomic mass is 32.2. The summed E-state index contributed by atoms with van der Waals surface area (Å²) in [4.78, 5) is 28.5. The molecule has 2 amide bonds. The Balaban J connectivity index is 1.29. The zero-order valence-electron chi connectivity index (χ0n) is 15.9. The Kier molecular flexibility index (Phi) is 4.83. The summed E-state index contributed by atoms with van der Waals surface area (Å²) >= 11 is 1.83. The molecular formula is C22H22N2O4S. The van der Waals surface area contributed by atoms with Gasteiger partial charge in [0, 0.05) is 35.4 Å². The van der Waals surface area contributed by atoms with Crippen molar-refractivity contribution >= 4 is 29.3 Å². The van der Waals surface area contributed by atoms with E-state index in [1.807, 2.05) is 42.1 Å². The molecule has 0 aliphatic carbocycles. The largest absolute Gasteiger partial charge is 0.486 e. The molecule has 0 spiro atoms. The number of fused-ring (bicyclic) bond motifs is 2. The number of hydrogen-bond acceptors (Lipinski definition) is 5. The van der Waals surface area contributed by atoms with Crippen LogP contribution in [0.1, 0.15) is 24.4 Å². The summed E-state index contributed by atoms with van der Waals surface area (Å²) in [6, 6.07) is 13.7. The van der Waals surface area contributed by atoms with Crippen LogP contribution in [-0.4, -0.2) is 37.3 Å². The summed E-state index contributed by atoms with van der Waals surface area (Å²) in [5.41, 5.74) is 1.92. The number of ether oxygens (including phenoxy) is 2. The lowest BCUT2D eigenvalue weighted by Gasteiger charge is -2.27. The number of anilines is 1. The maximum Gasteiger partial charge on any atom is 0.227 e. The standard InChI is InChI=1S/C22H22N2O4S/c25-21-11-14(13-24(21)15-5-6-18-19(12-15)28-9-8-27-18)22(26)23-17-7-10-29-20-4-2-1-3-16(17)20/h1-6,12,14,17H,7-11,13H2,(H,23,26)/t14-,17-/m0/s1. The van der Waals surface area contributed by atoms with Crippen molar-refractivity contribution in [2.45, 2.75) is 23.8 Å². The summed E-state index contributed by atoms with van der Waals surface area (Å²) in [7, 11) is 0. The maximum absolute atomic E-state index is 12.9. The van der Waals surface area contributed by atoms with E-state index in [1.165, 1.54) is 10.5 Å². The van der Waals surface area contributed by atoms with E-state index in [1.54, 1.807) is 4.90 Å². The first-order valence-electron chi connectivity index (χ1n) is 9.91. The molecule has 6 nitrogen and oxygen atoms in total. The summed E-state index contributed by atoms with van der Waals surface area (Å²) in [5.74, 6) is 1.87. The number of benzene rings is 2. The van der Waals surface area contributed by atoms with Crippen LogP contribution in [0, 0.1) is 5.92 Å². The number of amides is 2. The predicted molar refractivity (Wildman–Crippen MR) is 111 cm³/mol. The quantitative estimate of drug-likeness (QED) is 0.842. The first-order chi connectivity index (χ1) is 14.2. The lowest BCUT2D eigenvalue weighted by molar-refractivity contribution is -0.127. The molecule has 1 N–H and O–H groups in total. The van der Waals surface area contributed by atoms with Gasteiger partial charge in [-0.1, -0.05) is 18.2 Å². The Morgan fingerprint density at radius 1 is 1.10 bits per heavy atom. The smallest absolute Gasteiger partial charge is 0.227 e. The molecule has 3 aliphatic heterocycles. The molecular weight excluding hydrogens is 388 g/mol. The predicted octanol–water partition coefficient (Wildman–Crippen LogP) is 3.16. The van der Waals surface area contributed by atoms with E-state index in [0.717, 1.165) is 17.9 Å². The van der Waals surface area contributed by atoms with Crippen molar-refractivity contribution < 1.29 is 19.1 Å². The average Bonchev–Trinajstić information content (AvgIpc) is 3.15. The molecule has 29 heavy (non-hydrogen) atoms. The van der Waals surface area contributed by atoms with Crippen molar-refractivity contribution in [1.29, 1.82) is 0 Å². The van der Waals surface area contributed by atoms with E-state index in [2.05, 4.69) is 17.4 Å². The summed E-state index contributed by atoms with van der Waals surface area (Å²) in [5, 5.41) is 3.18. The monoisotopic (exact) mass is 410 g/mol. The normalized spacial score (nSPS) is 22.9. The minimum absolute atomic E-state index is 0.0124. The third-order valence-corrected chi connectivity index (χ3v) is 6.73.